The maximum atomic E-state index is 12.3. The van der Waals surface area contributed by atoms with Crippen LogP contribution in [0.5, 0.6) is 0 Å². The molecule has 0 aliphatic heterocycles. The molecule has 1 aromatic carbocycles. The van der Waals surface area contributed by atoms with E-state index in [2.05, 4.69) is 0 Å². The number of rotatable bonds is 5. The van der Waals surface area contributed by atoms with Crippen LogP contribution in [0.15, 0.2) is 24.3 Å². The van der Waals surface area contributed by atoms with Crippen molar-refractivity contribution in [2.75, 3.05) is 11.9 Å². The van der Waals surface area contributed by atoms with Gasteiger partial charge in [0.1, 0.15) is 0 Å². The molecule has 1 rings (SSSR count). The predicted octanol–water partition coefficient (Wildman–Crippen LogP) is 1.87. The van der Waals surface area contributed by atoms with E-state index < -0.39 is 11.5 Å². The third-order valence-electron chi connectivity index (χ3n) is 3.06. The van der Waals surface area contributed by atoms with Gasteiger partial charge in [-0.15, -0.1) is 0 Å². The molecule has 19 heavy (non-hydrogen) atoms. The van der Waals surface area contributed by atoms with E-state index in [4.69, 9.17) is 10.8 Å². The number of benzene rings is 1. The normalized spacial score (nSPS) is 13.7. The van der Waals surface area contributed by atoms with E-state index in [0.717, 1.165) is 6.42 Å². The van der Waals surface area contributed by atoms with Crippen LogP contribution in [-0.2, 0) is 4.79 Å². The molecular weight excluding hydrogens is 244 g/mol. The van der Waals surface area contributed by atoms with Crippen molar-refractivity contribution in [3.8, 4) is 0 Å². The van der Waals surface area contributed by atoms with Gasteiger partial charge < -0.3 is 15.7 Å². The number of aromatic carboxylic acids is 1. The van der Waals surface area contributed by atoms with Crippen LogP contribution in [0.4, 0.5) is 5.69 Å². The highest BCUT2D eigenvalue weighted by molar-refractivity contribution is 6.04. The second-order valence-corrected chi connectivity index (χ2v) is 4.85. The fraction of sp³-hybridized carbons (Fsp3) is 0.429. The largest absolute Gasteiger partial charge is 0.478 e. The lowest BCUT2D eigenvalue weighted by Crippen LogP contribution is -2.52. The van der Waals surface area contributed by atoms with E-state index in [1.807, 2.05) is 6.92 Å². The molecule has 3 N–H and O–H groups in total. The average molecular weight is 264 g/mol. The van der Waals surface area contributed by atoms with E-state index >= 15 is 0 Å². The first kappa shape index (κ1) is 15.2. The summed E-state index contributed by atoms with van der Waals surface area (Å²) in [5.41, 5.74) is 5.45. The van der Waals surface area contributed by atoms with E-state index in [1.54, 1.807) is 32.2 Å². The van der Waals surface area contributed by atoms with E-state index in [9.17, 15) is 9.59 Å². The molecule has 1 unspecified atom stereocenters. The van der Waals surface area contributed by atoms with Crippen LogP contribution in [0.3, 0.4) is 0 Å². The molecule has 0 aliphatic rings. The van der Waals surface area contributed by atoms with Crippen molar-refractivity contribution in [3.05, 3.63) is 29.8 Å². The first-order valence-electron chi connectivity index (χ1n) is 6.20. The second kappa shape index (κ2) is 5.84. The van der Waals surface area contributed by atoms with Gasteiger partial charge in [0.05, 0.1) is 16.8 Å². The summed E-state index contributed by atoms with van der Waals surface area (Å²) in [5.74, 6) is -1.35. The Morgan fingerprint density at radius 1 is 1.37 bits per heavy atom. The molecule has 5 nitrogen and oxygen atoms in total. The molecular formula is C14H20N2O3. The Morgan fingerprint density at radius 2 is 1.95 bits per heavy atom. The molecule has 0 radical (unpaired) electrons. The SMILES string of the molecule is CCCC(C)(N)C(=O)N(C)c1ccccc1C(=O)O. The van der Waals surface area contributed by atoms with Crippen molar-refractivity contribution < 1.29 is 14.7 Å². The van der Waals surface area contributed by atoms with Crippen LogP contribution >= 0.6 is 0 Å². The Bertz CT molecular complexity index is 483. The number of likely N-dealkylation sites (N-methyl/N-ethyl adjacent to an activating group) is 1. The van der Waals surface area contributed by atoms with E-state index in [-0.39, 0.29) is 11.5 Å². The van der Waals surface area contributed by atoms with Gasteiger partial charge in [0.2, 0.25) is 5.91 Å². The highest BCUT2D eigenvalue weighted by Crippen LogP contribution is 2.22. The Morgan fingerprint density at radius 3 is 2.47 bits per heavy atom. The molecule has 104 valence electrons. The Kier molecular flexibility index (Phi) is 4.67. The third kappa shape index (κ3) is 3.32. The number of hydrogen-bond donors (Lipinski definition) is 2. The summed E-state index contributed by atoms with van der Waals surface area (Å²) in [6.45, 7) is 3.61. The predicted molar refractivity (Wildman–Crippen MR) is 74.3 cm³/mol. The molecule has 0 spiro atoms. The zero-order valence-electron chi connectivity index (χ0n) is 11.5. The van der Waals surface area contributed by atoms with Crippen molar-refractivity contribution in [2.45, 2.75) is 32.2 Å². The van der Waals surface area contributed by atoms with Crippen LogP contribution in [0, 0.1) is 0 Å². The topological polar surface area (TPSA) is 83.6 Å². The molecule has 1 amide bonds. The molecule has 0 aliphatic carbocycles. The molecule has 0 fully saturated rings. The summed E-state index contributed by atoms with van der Waals surface area (Å²) in [6.07, 6.45) is 1.33. The number of carboxylic acid groups (broad SMARTS) is 1. The van der Waals surface area contributed by atoms with Crippen LogP contribution in [0.25, 0.3) is 0 Å². The van der Waals surface area contributed by atoms with E-state index in [0.29, 0.717) is 12.1 Å². The summed E-state index contributed by atoms with van der Waals surface area (Å²) in [7, 11) is 1.55. The first-order chi connectivity index (χ1) is 8.81. The van der Waals surface area contributed by atoms with Crippen molar-refractivity contribution in [2.24, 2.45) is 5.73 Å². The first-order valence-corrected chi connectivity index (χ1v) is 6.20. The molecule has 0 aromatic heterocycles. The van der Waals surface area contributed by atoms with Crippen LogP contribution in [-0.4, -0.2) is 29.6 Å². The van der Waals surface area contributed by atoms with Gasteiger partial charge in [-0.2, -0.15) is 0 Å². The maximum absolute atomic E-state index is 12.3. The lowest BCUT2D eigenvalue weighted by molar-refractivity contribution is -0.123. The van der Waals surface area contributed by atoms with Gasteiger partial charge in [-0.05, 0) is 25.5 Å². The second-order valence-electron chi connectivity index (χ2n) is 4.85. The zero-order valence-corrected chi connectivity index (χ0v) is 11.5. The number of nitrogens with two attached hydrogens (primary N) is 1. The molecule has 1 aromatic rings. The minimum absolute atomic E-state index is 0.0886. The van der Waals surface area contributed by atoms with Crippen molar-refractivity contribution in [3.63, 3.8) is 0 Å². The quantitative estimate of drug-likeness (QED) is 0.850. The lowest BCUT2D eigenvalue weighted by Gasteiger charge is -2.29. The van der Waals surface area contributed by atoms with Gasteiger partial charge in [-0.1, -0.05) is 25.5 Å². The van der Waals surface area contributed by atoms with Gasteiger partial charge in [0.15, 0.2) is 0 Å². The smallest absolute Gasteiger partial charge is 0.337 e. The zero-order chi connectivity index (χ0) is 14.6. The fourth-order valence-electron chi connectivity index (χ4n) is 2.07. The Labute approximate surface area is 113 Å². The summed E-state index contributed by atoms with van der Waals surface area (Å²) >= 11 is 0. The van der Waals surface area contributed by atoms with Crippen molar-refractivity contribution in [1.82, 2.24) is 0 Å². The number of amides is 1. The molecule has 5 heteroatoms. The summed E-state index contributed by atoms with van der Waals surface area (Å²) in [4.78, 5) is 24.8. The number of hydrogen-bond acceptors (Lipinski definition) is 3. The van der Waals surface area contributed by atoms with Crippen molar-refractivity contribution >= 4 is 17.6 Å². The highest BCUT2D eigenvalue weighted by atomic mass is 16.4. The fourth-order valence-corrected chi connectivity index (χ4v) is 2.07. The number of carbonyl (C=O) groups is 2. The lowest BCUT2D eigenvalue weighted by atomic mass is 9.95. The summed E-state index contributed by atoms with van der Waals surface area (Å²) in [5, 5.41) is 9.13. The van der Waals surface area contributed by atoms with Gasteiger partial charge in [0, 0.05) is 7.05 Å². The minimum atomic E-state index is -1.07. The summed E-state index contributed by atoms with van der Waals surface area (Å²) in [6, 6.07) is 6.39. The number of anilines is 1. The average Bonchev–Trinajstić information content (AvgIpc) is 2.36. The van der Waals surface area contributed by atoms with Gasteiger partial charge in [-0.25, -0.2) is 4.79 Å². The van der Waals surface area contributed by atoms with Crippen molar-refractivity contribution in [1.29, 1.82) is 0 Å². The number of carboxylic acids is 1. The minimum Gasteiger partial charge on any atom is -0.478 e. The third-order valence-corrected chi connectivity index (χ3v) is 3.06. The van der Waals surface area contributed by atoms with Gasteiger partial charge in [0.25, 0.3) is 0 Å². The number of nitrogens with zero attached hydrogens (tertiary/aromatic N) is 1. The monoisotopic (exact) mass is 264 g/mol. The van der Waals surface area contributed by atoms with Crippen LogP contribution < -0.4 is 10.6 Å². The van der Waals surface area contributed by atoms with E-state index in [1.165, 1.54) is 11.0 Å². The van der Waals surface area contributed by atoms with Crippen LogP contribution in [0.1, 0.15) is 37.0 Å². The molecule has 0 heterocycles. The van der Waals surface area contributed by atoms with Gasteiger partial charge in [-0.3, -0.25) is 4.79 Å². The van der Waals surface area contributed by atoms with Crippen LogP contribution in [0.2, 0.25) is 0 Å². The maximum Gasteiger partial charge on any atom is 0.337 e. The standard InChI is InChI=1S/C14H20N2O3/c1-4-9-14(2,15)13(19)16(3)11-8-6-5-7-10(11)12(17)18/h5-8H,4,9,15H2,1-3H3,(H,17,18). The Balaban J connectivity index is 3.10. The van der Waals surface area contributed by atoms with Gasteiger partial charge >= 0.3 is 5.97 Å². The molecule has 0 bridgehead atoms. The highest BCUT2D eigenvalue weighted by Gasteiger charge is 2.32. The number of carbonyl (C=O) groups excluding carboxylic acids is 1. The summed E-state index contributed by atoms with van der Waals surface area (Å²) < 4.78 is 0. The molecule has 0 saturated carbocycles. The molecule has 0 saturated heterocycles. The Hall–Kier alpha value is -1.88. The number of para-hydroxylation sites is 1. The molecule has 1 atom stereocenters.